The van der Waals surface area contributed by atoms with Crippen molar-refractivity contribution in [2.24, 2.45) is 11.8 Å². The van der Waals surface area contributed by atoms with Gasteiger partial charge in [-0.25, -0.2) is 0 Å². The largest absolute Gasteiger partial charge is 0.465 e. The SMILES string of the molecule is C=CCN(CC(=O)OCC)C1CC(C)CC(C)C1. The molecule has 2 atom stereocenters. The lowest BCUT2D eigenvalue weighted by molar-refractivity contribution is -0.145. The highest BCUT2D eigenvalue weighted by Crippen LogP contribution is 2.31. The van der Waals surface area contributed by atoms with Gasteiger partial charge < -0.3 is 4.74 Å². The smallest absolute Gasteiger partial charge is 0.320 e. The van der Waals surface area contributed by atoms with Crippen molar-refractivity contribution in [1.82, 2.24) is 4.90 Å². The van der Waals surface area contributed by atoms with Crippen molar-refractivity contribution in [3.63, 3.8) is 0 Å². The van der Waals surface area contributed by atoms with E-state index in [9.17, 15) is 4.79 Å². The highest BCUT2D eigenvalue weighted by atomic mass is 16.5. The van der Waals surface area contributed by atoms with Crippen molar-refractivity contribution in [3.05, 3.63) is 12.7 Å². The lowest BCUT2D eigenvalue weighted by Gasteiger charge is -2.38. The van der Waals surface area contributed by atoms with Crippen molar-refractivity contribution in [2.45, 2.75) is 46.1 Å². The predicted molar refractivity (Wildman–Crippen MR) is 74.4 cm³/mol. The maximum absolute atomic E-state index is 11.6. The van der Waals surface area contributed by atoms with Gasteiger partial charge in [0.15, 0.2) is 0 Å². The second-order valence-electron chi connectivity index (χ2n) is 5.59. The van der Waals surface area contributed by atoms with Crippen LogP contribution in [-0.4, -0.2) is 36.6 Å². The number of hydrogen-bond acceptors (Lipinski definition) is 3. The summed E-state index contributed by atoms with van der Waals surface area (Å²) >= 11 is 0. The van der Waals surface area contributed by atoms with Crippen LogP contribution >= 0.6 is 0 Å². The fraction of sp³-hybridized carbons (Fsp3) is 0.800. The molecule has 0 aromatic heterocycles. The van der Waals surface area contributed by atoms with Gasteiger partial charge in [-0.15, -0.1) is 6.58 Å². The molecule has 0 aliphatic heterocycles. The summed E-state index contributed by atoms with van der Waals surface area (Å²) in [4.78, 5) is 13.9. The van der Waals surface area contributed by atoms with Gasteiger partial charge in [0.25, 0.3) is 0 Å². The van der Waals surface area contributed by atoms with E-state index in [0.29, 0.717) is 19.2 Å². The Morgan fingerprint density at radius 3 is 2.44 bits per heavy atom. The fourth-order valence-corrected chi connectivity index (χ4v) is 3.08. The van der Waals surface area contributed by atoms with E-state index < -0.39 is 0 Å². The van der Waals surface area contributed by atoms with Crippen LogP contribution in [0.3, 0.4) is 0 Å². The molecule has 1 saturated carbocycles. The molecule has 0 bridgehead atoms. The summed E-state index contributed by atoms with van der Waals surface area (Å²) in [7, 11) is 0. The zero-order valence-electron chi connectivity index (χ0n) is 12.0. The van der Waals surface area contributed by atoms with Gasteiger partial charge in [-0.2, -0.15) is 0 Å². The van der Waals surface area contributed by atoms with Crippen molar-refractivity contribution < 1.29 is 9.53 Å². The summed E-state index contributed by atoms with van der Waals surface area (Å²) in [5.41, 5.74) is 0. The number of rotatable bonds is 6. The molecule has 0 radical (unpaired) electrons. The van der Waals surface area contributed by atoms with Gasteiger partial charge in [0.1, 0.15) is 0 Å². The van der Waals surface area contributed by atoms with Gasteiger partial charge in [-0.3, -0.25) is 9.69 Å². The molecule has 0 heterocycles. The second-order valence-corrected chi connectivity index (χ2v) is 5.59. The van der Waals surface area contributed by atoms with Gasteiger partial charge in [0.05, 0.1) is 13.2 Å². The quantitative estimate of drug-likeness (QED) is 0.538. The third kappa shape index (κ3) is 4.81. The Balaban J connectivity index is 2.59. The average Bonchev–Trinajstić information content (AvgIpc) is 2.27. The highest BCUT2D eigenvalue weighted by Gasteiger charge is 2.29. The molecular weight excluding hydrogens is 226 g/mol. The summed E-state index contributed by atoms with van der Waals surface area (Å²) < 4.78 is 5.05. The van der Waals surface area contributed by atoms with Crippen LogP contribution in [0, 0.1) is 11.8 Å². The minimum absolute atomic E-state index is 0.120. The zero-order valence-corrected chi connectivity index (χ0v) is 12.0. The maximum Gasteiger partial charge on any atom is 0.320 e. The third-order valence-corrected chi connectivity index (χ3v) is 3.67. The first-order valence-electron chi connectivity index (χ1n) is 7.07. The summed E-state index contributed by atoms with van der Waals surface area (Å²) in [5.74, 6) is 1.37. The Morgan fingerprint density at radius 2 is 1.94 bits per heavy atom. The predicted octanol–water partition coefficient (Wildman–Crippen LogP) is 2.86. The molecular formula is C15H27NO2. The summed E-state index contributed by atoms with van der Waals surface area (Å²) in [6.45, 7) is 11.9. The lowest BCUT2D eigenvalue weighted by atomic mass is 9.80. The Hall–Kier alpha value is -0.830. The highest BCUT2D eigenvalue weighted by molar-refractivity contribution is 5.71. The van der Waals surface area contributed by atoms with Crippen molar-refractivity contribution in [1.29, 1.82) is 0 Å². The van der Waals surface area contributed by atoms with Crippen LogP contribution in [0.15, 0.2) is 12.7 Å². The first-order valence-corrected chi connectivity index (χ1v) is 7.07. The van der Waals surface area contributed by atoms with Gasteiger partial charge in [-0.1, -0.05) is 19.9 Å². The van der Waals surface area contributed by atoms with Crippen molar-refractivity contribution in [2.75, 3.05) is 19.7 Å². The van der Waals surface area contributed by atoms with Crippen LogP contribution < -0.4 is 0 Å². The standard InChI is InChI=1S/C15H27NO2/c1-5-7-16(11-15(17)18-6-2)14-9-12(3)8-13(4)10-14/h5,12-14H,1,6-11H2,2-4H3. The maximum atomic E-state index is 11.6. The van der Waals surface area contributed by atoms with Crippen LogP contribution in [0.2, 0.25) is 0 Å². The van der Waals surface area contributed by atoms with Gasteiger partial charge in [0.2, 0.25) is 0 Å². The lowest BCUT2D eigenvalue weighted by Crippen LogP contribution is -2.43. The summed E-state index contributed by atoms with van der Waals surface area (Å²) in [5, 5.41) is 0. The molecule has 3 nitrogen and oxygen atoms in total. The number of esters is 1. The molecule has 104 valence electrons. The van der Waals surface area contributed by atoms with E-state index in [1.807, 2.05) is 13.0 Å². The molecule has 0 aromatic rings. The first-order chi connectivity index (χ1) is 8.56. The fourth-order valence-electron chi connectivity index (χ4n) is 3.08. The minimum atomic E-state index is -0.120. The Labute approximate surface area is 111 Å². The molecule has 0 aromatic carbocycles. The molecule has 1 aliphatic rings. The minimum Gasteiger partial charge on any atom is -0.465 e. The van der Waals surface area contributed by atoms with E-state index in [0.717, 1.165) is 18.4 Å². The van der Waals surface area contributed by atoms with Gasteiger partial charge >= 0.3 is 5.97 Å². The average molecular weight is 253 g/mol. The Bertz CT molecular complexity index is 268. The molecule has 18 heavy (non-hydrogen) atoms. The molecule has 3 heteroatoms. The van der Waals surface area contributed by atoms with E-state index in [2.05, 4.69) is 25.3 Å². The van der Waals surface area contributed by atoms with Gasteiger partial charge in [0, 0.05) is 12.6 Å². The molecule has 1 fully saturated rings. The molecule has 2 unspecified atom stereocenters. The third-order valence-electron chi connectivity index (χ3n) is 3.67. The Morgan fingerprint density at radius 1 is 1.33 bits per heavy atom. The number of carbonyl (C=O) groups excluding carboxylic acids is 1. The molecule has 1 aliphatic carbocycles. The van der Waals surface area contributed by atoms with Crippen LogP contribution in [0.5, 0.6) is 0 Å². The van der Waals surface area contributed by atoms with E-state index >= 15 is 0 Å². The van der Waals surface area contributed by atoms with Crippen molar-refractivity contribution >= 4 is 5.97 Å². The van der Waals surface area contributed by atoms with Crippen LogP contribution in [0.4, 0.5) is 0 Å². The molecule has 0 saturated heterocycles. The summed E-state index contributed by atoms with van der Waals surface area (Å²) in [6, 6.07) is 0.492. The van der Waals surface area contributed by atoms with E-state index in [1.54, 1.807) is 0 Å². The monoisotopic (exact) mass is 253 g/mol. The number of ether oxygens (including phenoxy) is 1. The zero-order chi connectivity index (χ0) is 13.5. The molecule has 1 rings (SSSR count). The van der Waals surface area contributed by atoms with Crippen LogP contribution in [0.25, 0.3) is 0 Å². The Kier molecular flexibility index (Phi) is 6.41. The number of nitrogens with zero attached hydrogens (tertiary/aromatic N) is 1. The first kappa shape index (κ1) is 15.2. The number of carbonyl (C=O) groups is 1. The van der Waals surface area contributed by atoms with Gasteiger partial charge in [-0.05, 0) is 38.0 Å². The molecule has 0 spiro atoms. The molecule has 0 amide bonds. The van der Waals surface area contributed by atoms with Crippen LogP contribution in [-0.2, 0) is 9.53 Å². The molecule has 0 N–H and O–H groups in total. The van der Waals surface area contributed by atoms with E-state index in [1.165, 1.54) is 19.3 Å². The normalized spacial score (nSPS) is 28.1. The second kappa shape index (κ2) is 7.57. The van der Waals surface area contributed by atoms with E-state index in [4.69, 9.17) is 4.74 Å². The van der Waals surface area contributed by atoms with Crippen LogP contribution in [0.1, 0.15) is 40.0 Å². The summed E-state index contributed by atoms with van der Waals surface area (Å²) in [6.07, 6.45) is 5.54. The number of hydrogen-bond donors (Lipinski definition) is 0. The van der Waals surface area contributed by atoms with Crippen molar-refractivity contribution in [3.8, 4) is 0 Å². The van der Waals surface area contributed by atoms with E-state index in [-0.39, 0.29) is 5.97 Å². The topological polar surface area (TPSA) is 29.5 Å².